The molecule has 5 nitrogen and oxygen atoms in total. The van der Waals surface area contributed by atoms with Crippen molar-refractivity contribution >= 4 is 17.7 Å². The van der Waals surface area contributed by atoms with Crippen LogP contribution in [0.3, 0.4) is 0 Å². The van der Waals surface area contributed by atoms with Crippen LogP contribution < -0.4 is 10.6 Å². The minimum Gasteiger partial charge on any atom is -0.444 e. The highest BCUT2D eigenvalue weighted by Crippen LogP contribution is 2.21. The normalized spacial score (nSPS) is 18.8. The molecule has 0 spiro atoms. The van der Waals surface area contributed by atoms with Crippen molar-refractivity contribution in [3.05, 3.63) is 29.8 Å². The molecule has 114 valence electrons. The monoisotopic (exact) mass is 290 g/mol. The number of hydrogen-bond donors (Lipinski definition) is 2. The Morgan fingerprint density at radius 3 is 2.76 bits per heavy atom. The van der Waals surface area contributed by atoms with Crippen LogP contribution in [0.25, 0.3) is 0 Å². The van der Waals surface area contributed by atoms with E-state index < -0.39 is 17.7 Å². The van der Waals surface area contributed by atoms with Gasteiger partial charge in [-0.1, -0.05) is 18.2 Å². The first-order valence-corrected chi connectivity index (χ1v) is 7.23. The zero-order chi connectivity index (χ0) is 15.5. The van der Waals surface area contributed by atoms with Crippen molar-refractivity contribution in [2.24, 2.45) is 0 Å². The van der Waals surface area contributed by atoms with E-state index in [0.29, 0.717) is 6.42 Å². The fraction of sp³-hybridized carbons (Fsp3) is 0.500. The molecule has 2 amide bonds. The largest absolute Gasteiger partial charge is 0.444 e. The Kier molecular flexibility index (Phi) is 4.50. The molecule has 0 aromatic heterocycles. The van der Waals surface area contributed by atoms with Gasteiger partial charge in [-0.2, -0.15) is 0 Å². The minimum atomic E-state index is -0.575. The molecule has 1 aromatic rings. The second-order valence-electron chi connectivity index (χ2n) is 6.24. The Hall–Kier alpha value is -2.04. The lowest BCUT2D eigenvalue weighted by molar-refractivity contribution is -0.118. The second kappa shape index (κ2) is 6.16. The molecule has 1 aromatic carbocycles. The predicted molar refractivity (Wildman–Crippen MR) is 81.2 cm³/mol. The zero-order valence-corrected chi connectivity index (χ0v) is 12.7. The number of hydrogen-bond acceptors (Lipinski definition) is 3. The average molecular weight is 290 g/mol. The first-order chi connectivity index (χ1) is 9.85. The number of para-hydroxylation sites is 1. The van der Waals surface area contributed by atoms with Gasteiger partial charge in [0.1, 0.15) is 11.6 Å². The van der Waals surface area contributed by atoms with Gasteiger partial charge >= 0.3 is 6.09 Å². The molecule has 0 aliphatic carbocycles. The van der Waals surface area contributed by atoms with Gasteiger partial charge in [-0.05, 0) is 51.7 Å². The number of anilines is 1. The van der Waals surface area contributed by atoms with Crippen LogP contribution in [0.15, 0.2) is 24.3 Å². The van der Waals surface area contributed by atoms with Crippen molar-refractivity contribution in [1.29, 1.82) is 0 Å². The third-order valence-corrected chi connectivity index (χ3v) is 3.22. The minimum absolute atomic E-state index is 0.201. The second-order valence-corrected chi connectivity index (χ2v) is 6.24. The summed E-state index contributed by atoms with van der Waals surface area (Å²) in [6.45, 7) is 5.38. The Labute approximate surface area is 125 Å². The third kappa shape index (κ3) is 4.48. The van der Waals surface area contributed by atoms with Gasteiger partial charge in [0.2, 0.25) is 5.91 Å². The molecule has 1 atom stereocenters. The van der Waals surface area contributed by atoms with Crippen LogP contribution in [-0.2, 0) is 16.0 Å². The van der Waals surface area contributed by atoms with E-state index in [1.54, 1.807) is 20.8 Å². The lowest BCUT2D eigenvalue weighted by Crippen LogP contribution is -2.46. The number of carbonyl (C=O) groups is 2. The summed E-state index contributed by atoms with van der Waals surface area (Å²) in [5.41, 5.74) is 1.37. The molecule has 5 heteroatoms. The number of alkyl carbamates (subject to hydrolysis) is 1. The maximum Gasteiger partial charge on any atom is 0.408 e. The van der Waals surface area contributed by atoms with Gasteiger partial charge in [0, 0.05) is 5.69 Å². The number of ether oxygens (including phenoxy) is 1. The topological polar surface area (TPSA) is 67.4 Å². The van der Waals surface area contributed by atoms with E-state index in [1.807, 2.05) is 24.3 Å². The number of carbonyl (C=O) groups excluding carboxylic acids is 2. The summed E-state index contributed by atoms with van der Waals surface area (Å²) < 4.78 is 5.20. The van der Waals surface area contributed by atoms with Crippen molar-refractivity contribution in [2.45, 2.75) is 51.7 Å². The molecule has 1 aliphatic rings. The lowest BCUT2D eigenvalue weighted by Gasteiger charge is -2.25. The van der Waals surface area contributed by atoms with E-state index in [1.165, 1.54) is 0 Å². The first-order valence-electron chi connectivity index (χ1n) is 7.23. The molecular weight excluding hydrogens is 268 g/mol. The van der Waals surface area contributed by atoms with Crippen LogP contribution in [0.2, 0.25) is 0 Å². The van der Waals surface area contributed by atoms with E-state index in [2.05, 4.69) is 10.6 Å². The maximum atomic E-state index is 12.2. The van der Waals surface area contributed by atoms with Crippen molar-refractivity contribution in [3.63, 3.8) is 0 Å². The molecule has 2 N–H and O–H groups in total. The number of benzene rings is 1. The van der Waals surface area contributed by atoms with Crippen molar-refractivity contribution < 1.29 is 14.3 Å². The predicted octanol–water partition coefficient (Wildman–Crippen LogP) is 2.85. The lowest BCUT2D eigenvalue weighted by atomic mass is 10.00. The summed E-state index contributed by atoms with van der Waals surface area (Å²) in [4.78, 5) is 24.1. The van der Waals surface area contributed by atoms with Crippen LogP contribution in [0, 0.1) is 0 Å². The standard InChI is InChI=1S/C16H22N2O3/c1-16(2,3)21-15(20)18-13-10-6-8-11-7-4-5-9-12(11)17-14(13)19/h4-5,7,9,13H,6,8,10H2,1-3H3,(H,17,19)(H,18,20)/t13-/m1/s1. The van der Waals surface area contributed by atoms with E-state index in [0.717, 1.165) is 24.1 Å². The molecule has 1 aliphatic heterocycles. The summed E-state index contributed by atoms with van der Waals surface area (Å²) in [6, 6.07) is 7.17. The molecule has 0 unspecified atom stereocenters. The summed E-state index contributed by atoms with van der Waals surface area (Å²) in [5, 5.41) is 5.52. The highest BCUT2D eigenvalue weighted by atomic mass is 16.6. The summed E-state index contributed by atoms with van der Waals surface area (Å²) >= 11 is 0. The summed E-state index contributed by atoms with van der Waals surface area (Å²) in [7, 11) is 0. The molecule has 0 bridgehead atoms. The van der Waals surface area contributed by atoms with Crippen molar-refractivity contribution in [3.8, 4) is 0 Å². The fourth-order valence-corrected chi connectivity index (χ4v) is 2.30. The van der Waals surface area contributed by atoms with Gasteiger partial charge in [-0.3, -0.25) is 4.79 Å². The molecular formula is C16H22N2O3. The molecule has 21 heavy (non-hydrogen) atoms. The van der Waals surface area contributed by atoms with Gasteiger partial charge < -0.3 is 15.4 Å². The SMILES string of the molecule is CC(C)(C)OC(=O)N[C@@H]1CCCc2ccccc2NC1=O. The number of fused-ring (bicyclic) bond motifs is 1. The van der Waals surface area contributed by atoms with E-state index in [4.69, 9.17) is 4.74 Å². The molecule has 0 fully saturated rings. The Bertz CT molecular complexity index is 535. The zero-order valence-electron chi connectivity index (χ0n) is 12.7. The van der Waals surface area contributed by atoms with E-state index in [-0.39, 0.29) is 5.91 Å². The molecule has 2 rings (SSSR count). The quantitative estimate of drug-likeness (QED) is 0.835. The van der Waals surface area contributed by atoms with Crippen LogP contribution in [0.5, 0.6) is 0 Å². The van der Waals surface area contributed by atoms with Crippen LogP contribution in [0.4, 0.5) is 10.5 Å². The number of rotatable bonds is 1. The highest BCUT2D eigenvalue weighted by molar-refractivity contribution is 5.97. The van der Waals surface area contributed by atoms with E-state index >= 15 is 0 Å². The summed E-state index contributed by atoms with van der Waals surface area (Å²) in [6.07, 6.45) is 1.75. The van der Waals surface area contributed by atoms with Crippen LogP contribution in [-0.4, -0.2) is 23.6 Å². The number of amides is 2. The van der Waals surface area contributed by atoms with Gasteiger partial charge in [-0.15, -0.1) is 0 Å². The molecule has 1 heterocycles. The number of aryl methyl sites for hydroxylation is 1. The van der Waals surface area contributed by atoms with Gasteiger partial charge in [-0.25, -0.2) is 4.79 Å². The van der Waals surface area contributed by atoms with E-state index in [9.17, 15) is 9.59 Å². The maximum absolute atomic E-state index is 12.2. The Morgan fingerprint density at radius 2 is 2.05 bits per heavy atom. The van der Waals surface area contributed by atoms with Gasteiger partial charge in [0.25, 0.3) is 0 Å². The molecule has 0 radical (unpaired) electrons. The average Bonchev–Trinajstić information content (AvgIpc) is 2.35. The third-order valence-electron chi connectivity index (χ3n) is 3.22. The van der Waals surface area contributed by atoms with Gasteiger partial charge in [0.15, 0.2) is 0 Å². The van der Waals surface area contributed by atoms with Crippen molar-refractivity contribution in [1.82, 2.24) is 5.32 Å². The highest BCUT2D eigenvalue weighted by Gasteiger charge is 2.25. The fourth-order valence-electron chi connectivity index (χ4n) is 2.30. The Balaban J connectivity index is 2.03. The summed E-state index contributed by atoms with van der Waals surface area (Å²) in [5.74, 6) is -0.201. The van der Waals surface area contributed by atoms with Crippen LogP contribution >= 0.6 is 0 Å². The van der Waals surface area contributed by atoms with Crippen molar-refractivity contribution in [2.75, 3.05) is 5.32 Å². The Morgan fingerprint density at radius 1 is 1.33 bits per heavy atom. The smallest absolute Gasteiger partial charge is 0.408 e. The molecule has 0 saturated heterocycles. The molecule has 0 saturated carbocycles. The van der Waals surface area contributed by atoms with Crippen LogP contribution in [0.1, 0.15) is 39.2 Å². The first kappa shape index (κ1) is 15.4. The number of nitrogens with one attached hydrogen (secondary N) is 2. The van der Waals surface area contributed by atoms with Gasteiger partial charge in [0.05, 0.1) is 0 Å².